The Labute approximate surface area is 177 Å². The lowest BCUT2D eigenvalue weighted by Crippen LogP contribution is -2.28. The molecule has 0 aliphatic heterocycles. The Morgan fingerprint density at radius 1 is 1.07 bits per heavy atom. The Bertz CT molecular complexity index is 966. The van der Waals surface area contributed by atoms with Crippen LogP contribution < -0.4 is 10.0 Å². The van der Waals surface area contributed by atoms with Crippen LogP contribution in [0.5, 0.6) is 0 Å². The van der Waals surface area contributed by atoms with Crippen LogP contribution in [0.25, 0.3) is 11.0 Å². The van der Waals surface area contributed by atoms with Crippen molar-refractivity contribution in [2.75, 3.05) is 31.9 Å². The first-order chi connectivity index (χ1) is 13.5. The van der Waals surface area contributed by atoms with Gasteiger partial charge >= 0.3 is 0 Å². The lowest BCUT2D eigenvalue weighted by Gasteiger charge is -2.13. The number of carbonyl (C=O) groups is 1. The Balaban J connectivity index is 1.81. The van der Waals surface area contributed by atoms with Gasteiger partial charge in [-0.05, 0) is 79.2 Å². The number of nitrogens with zero attached hydrogens (tertiary/aromatic N) is 3. The predicted octanol–water partition coefficient (Wildman–Crippen LogP) is 4.19. The van der Waals surface area contributed by atoms with Crippen molar-refractivity contribution in [1.82, 2.24) is 20.2 Å². The molecule has 28 heavy (non-hydrogen) atoms. The number of amides is 1. The first kappa shape index (κ1) is 20.6. The van der Waals surface area contributed by atoms with E-state index in [4.69, 9.17) is 0 Å². The molecule has 0 fully saturated rings. The van der Waals surface area contributed by atoms with Gasteiger partial charge in [-0.1, -0.05) is 24.3 Å². The first-order valence-corrected chi connectivity index (χ1v) is 10.5. The van der Waals surface area contributed by atoms with Crippen molar-refractivity contribution < 1.29 is 4.79 Å². The SMILES string of the molecule is CN(C)CCCNC(=O)c1nc2ccccc2nc1NSc1ccccc1Br. The van der Waals surface area contributed by atoms with E-state index < -0.39 is 0 Å². The van der Waals surface area contributed by atoms with Gasteiger partial charge in [0.1, 0.15) is 0 Å². The van der Waals surface area contributed by atoms with Gasteiger partial charge in [0.2, 0.25) is 0 Å². The lowest BCUT2D eigenvalue weighted by molar-refractivity contribution is 0.0948. The van der Waals surface area contributed by atoms with E-state index in [1.807, 2.05) is 62.6 Å². The molecule has 1 amide bonds. The number of rotatable bonds is 8. The van der Waals surface area contributed by atoms with Crippen LogP contribution in [0, 0.1) is 0 Å². The summed E-state index contributed by atoms with van der Waals surface area (Å²) >= 11 is 4.92. The molecule has 2 N–H and O–H groups in total. The van der Waals surface area contributed by atoms with Crippen LogP contribution >= 0.6 is 27.9 Å². The quantitative estimate of drug-likeness (QED) is 0.388. The Kier molecular flexibility index (Phi) is 7.24. The third-order valence-corrected chi connectivity index (χ3v) is 5.77. The number of anilines is 1. The van der Waals surface area contributed by atoms with Crippen molar-refractivity contribution in [3.63, 3.8) is 0 Å². The minimum absolute atomic E-state index is 0.229. The Morgan fingerprint density at radius 3 is 2.46 bits per heavy atom. The highest BCUT2D eigenvalue weighted by atomic mass is 79.9. The molecular weight excluding hydrogens is 438 g/mol. The van der Waals surface area contributed by atoms with Crippen molar-refractivity contribution >= 4 is 50.6 Å². The second-order valence-electron chi connectivity index (χ2n) is 6.46. The Morgan fingerprint density at radius 2 is 1.75 bits per heavy atom. The highest BCUT2D eigenvalue weighted by Crippen LogP contribution is 2.29. The van der Waals surface area contributed by atoms with E-state index in [0.29, 0.717) is 23.6 Å². The van der Waals surface area contributed by atoms with Gasteiger partial charge in [-0.2, -0.15) is 0 Å². The molecule has 3 aromatic rings. The molecule has 0 saturated heterocycles. The van der Waals surface area contributed by atoms with Crippen LogP contribution in [0.1, 0.15) is 16.9 Å². The van der Waals surface area contributed by atoms with E-state index in [1.54, 1.807) is 0 Å². The summed E-state index contributed by atoms with van der Waals surface area (Å²) in [6.45, 7) is 1.50. The fourth-order valence-electron chi connectivity index (χ4n) is 2.54. The number of fused-ring (bicyclic) bond motifs is 1. The maximum absolute atomic E-state index is 12.7. The summed E-state index contributed by atoms with van der Waals surface area (Å²) in [7, 11) is 4.02. The lowest BCUT2D eigenvalue weighted by atomic mass is 10.2. The maximum Gasteiger partial charge on any atom is 0.273 e. The molecular formula is C20H22BrN5OS. The number of hydrogen-bond acceptors (Lipinski definition) is 6. The van der Waals surface area contributed by atoms with Gasteiger partial charge in [0.25, 0.3) is 5.91 Å². The summed E-state index contributed by atoms with van der Waals surface area (Å²) in [5.41, 5.74) is 1.72. The summed E-state index contributed by atoms with van der Waals surface area (Å²) in [5.74, 6) is 0.219. The second kappa shape index (κ2) is 9.86. The predicted molar refractivity (Wildman–Crippen MR) is 119 cm³/mol. The van der Waals surface area contributed by atoms with Crippen LogP contribution in [-0.4, -0.2) is 48.0 Å². The zero-order valence-corrected chi connectivity index (χ0v) is 18.2. The molecule has 0 saturated carbocycles. The summed E-state index contributed by atoms with van der Waals surface area (Å²) in [4.78, 5) is 25.0. The molecule has 0 aliphatic rings. The normalized spacial score (nSPS) is 11.0. The van der Waals surface area contributed by atoms with E-state index in [9.17, 15) is 4.79 Å². The van der Waals surface area contributed by atoms with Crippen LogP contribution in [0.15, 0.2) is 57.9 Å². The summed E-state index contributed by atoms with van der Waals surface area (Å²) in [6.07, 6.45) is 0.869. The largest absolute Gasteiger partial charge is 0.351 e. The third-order valence-electron chi connectivity index (χ3n) is 3.95. The standard InChI is InChI=1S/C20H22BrN5OS/c1-26(2)13-7-12-22-20(27)18-19(24-16-10-5-4-9-15(16)23-18)25-28-17-11-6-3-8-14(17)21/h3-6,8-11H,7,12-13H2,1-2H3,(H,22,27)(H,24,25). The molecule has 1 aromatic heterocycles. The van der Waals surface area contributed by atoms with Crippen LogP contribution in [-0.2, 0) is 0 Å². The fourth-order valence-corrected chi connectivity index (χ4v) is 3.73. The van der Waals surface area contributed by atoms with Crippen LogP contribution in [0.4, 0.5) is 5.82 Å². The van der Waals surface area contributed by atoms with Gasteiger partial charge in [0.15, 0.2) is 11.5 Å². The highest BCUT2D eigenvalue weighted by molar-refractivity contribution is 9.10. The van der Waals surface area contributed by atoms with Crippen LogP contribution in [0.2, 0.25) is 0 Å². The minimum Gasteiger partial charge on any atom is -0.351 e. The van der Waals surface area contributed by atoms with Crippen molar-refractivity contribution in [3.05, 3.63) is 58.7 Å². The molecule has 0 aliphatic carbocycles. The van der Waals surface area contributed by atoms with Crippen molar-refractivity contribution in [2.45, 2.75) is 11.3 Å². The fraction of sp³-hybridized carbons (Fsp3) is 0.250. The first-order valence-electron chi connectivity index (χ1n) is 8.91. The monoisotopic (exact) mass is 459 g/mol. The zero-order chi connectivity index (χ0) is 19.9. The molecule has 8 heteroatoms. The molecule has 1 heterocycles. The van der Waals surface area contributed by atoms with E-state index in [0.717, 1.165) is 27.9 Å². The van der Waals surface area contributed by atoms with Gasteiger partial charge in [0, 0.05) is 15.9 Å². The average Bonchev–Trinajstić information content (AvgIpc) is 2.69. The molecule has 0 bridgehead atoms. The number of aromatic nitrogens is 2. The van der Waals surface area contributed by atoms with Crippen molar-refractivity contribution in [2.24, 2.45) is 0 Å². The van der Waals surface area contributed by atoms with E-state index in [-0.39, 0.29) is 5.91 Å². The molecule has 3 rings (SSSR count). The smallest absolute Gasteiger partial charge is 0.273 e. The molecule has 2 aromatic carbocycles. The van der Waals surface area contributed by atoms with Crippen LogP contribution in [0.3, 0.4) is 0 Å². The topological polar surface area (TPSA) is 70.2 Å². The van der Waals surface area contributed by atoms with E-state index >= 15 is 0 Å². The average molecular weight is 460 g/mol. The number of para-hydroxylation sites is 2. The molecule has 146 valence electrons. The number of nitrogens with one attached hydrogen (secondary N) is 2. The number of benzene rings is 2. The zero-order valence-electron chi connectivity index (χ0n) is 15.8. The number of halogens is 1. The summed E-state index contributed by atoms with van der Waals surface area (Å²) in [5, 5.41) is 2.94. The highest BCUT2D eigenvalue weighted by Gasteiger charge is 2.17. The van der Waals surface area contributed by atoms with Crippen molar-refractivity contribution in [1.29, 1.82) is 0 Å². The third kappa shape index (κ3) is 5.43. The van der Waals surface area contributed by atoms with Gasteiger partial charge in [-0.25, -0.2) is 9.97 Å². The van der Waals surface area contributed by atoms with Crippen molar-refractivity contribution in [3.8, 4) is 0 Å². The summed E-state index contributed by atoms with van der Waals surface area (Å²) in [6, 6.07) is 15.4. The van der Waals surface area contributed by atoms with Gasteiger partial charge < -0.3 is 14.9 Å². The maximum atomic E-state index is 12.7. The summed E-state index contributed by atoms with van der Waals surface area (Å²) < 4.78 is 4.16. The van der Waals surface area contributed by atoms with Gasteiger partial charge in [0.05, 0.1) is 11.0 Å². The molecule has 0 unspecified atom stereocenters. The van der Waals surface area contributed by atoms with E-state index in [2.05, 4.69) is 40.8 Å². The van der Waals surface area contributed by atoms with Gasteiger partial charge in [-0.3, -0.25) is 4.79 Å². The molecule has 0 atom stereocenters. The second-order valence-corrected chi connectivity index (χ2v) is 8.16. The minimum atomic E-state index is -0.229. The molecule has 6 nitrogen and oxygen atoms in total. The van der Waals surface area contributed by atoms with Gasteiger partial charge in [-0.15, -0.1) is 0 Å². The van der Waals surface area contributed by atoms with E-state index in [1.165, 1.54) is 11.9 Å². The molecule has 0 radical (unpaired) electrons. The number of hydrogen-bond donors (Lipinski definition) is 2. The molecule has 0 spiro atoms. The number of carbonyl (C=O) groups excluding carboxylic acids is 1. The Hall–Kier alpha value is -2.16.